The molecule has 4 nitrogen and oxygen atoms in total. The smallest absolute Gasteiger partial charge is 0.317 e. The van der Waals surface area contributed by atoms with Crippen LogP contribution in [0.1, 0.15) is 19.4 Å². The molecule has 0 aliphatic rings. The third kappa shape index (κ3) is 5.94. The Morgan fingerprint density at radius 1 is 1.42 bits per heavy atom. The second kappa shape index (κ2) is 7.45. The van der Waals surface area contributed by atoms with Gasteiger partial charge in [-0.15, -0.1) is 6.42 Å². The summed E-state index contributed by atoms with van der Waals surface area (Å²) in [5, 5.41) is 8.80. The van der Waals surface area contributed by atoms with Crippen molar-refractivity contribution in [3.63, 3.8) is 0 Å². The highest BCUT2D eigenvalue weighted by Crippen LogP contribution is 2.15. The summed E-state index contributed by atoms with van der Waals surface area (Å²) < 4.78 is 5.55. The normalized spacial score (nSPS) is 10.5. The highest BCUT2D eigenvalue weighted by atomic mass is 16.5. The summed E-state index contributed by atoms with van der Waals surface area (Å²) in [5.41, 5.74) is 1.01. The molecule has 19 heavy (non-hydrogen) atoms. The van der Waals surface area contributed by atoms with Gasteiger partial charge in [-0.1, -0.05) is 18.1 Å². The Labute approximate surface area is 114 Å². The minimum absolute atomic E-state index is 0.0611. The van der Waals surface area contributed by atoms with E-state index in [1.165, 1.54) is 0 Å². The van der Waals surface area contributed by atoms with Crippen molar-refractivity contribution in [1.82, 2.24) is 4.90 Å². The average Bonchev–Trinajstić information content (AvgIpc) is 2.30. The summed E-state index contributed by atoms with van der Waals surface area (Å²) in [6, 6.07) is 7.60. The van der Waals surface area contributed by atoms with Gasteiger partial charge in [-0.2, -0.15) is 0 Å². The number of benzene rings is 1. The van der Waals surface area contributed by atoms with Crippen LogP contribution in [0, 0.1) is 12.3 Å². The number of rotatable bonds is 7. The molecular weight excluding hydrogens is 242 g/mol. The van der Waals surface area contributed by atoms with Crippen LogP contribution in [0.25, 0.3) is 0 Å². The fourth-order valence-corrected chi connectivity index (χ4v) is 1.69. The Morgan fingerprint density at radius 2 is 2.05 bits per heavy atom. The van der Waals surface area contributed by atoms with E-state index in [4.69, 9.17) is 16.3 Å². The van der Waals surface area contributed by atoms with Crippen LogP contribution in [0.4, 0.5) is 0 Å². The second-order valence-electron chi connectivity index (χ2n) is 4.55. The van der Waals surface area contributed by atoms with Crippen molar-refractivity contribution in [3.05, 3.63) is 29.8 Å². The van der Waals surface area contributed by atoms with Gasteiger partial charge in [0.05, 0.1) is 19.2 Å². The van der Waals surface area contributed by atoms with Gasteiger partial charge in [-0.3, -0.25) is 9.69 Å². The zero-order valence-corrected chi connectivity index (χ0v) is 11.3. The van der Waals surface area contributed by atoms with Gasteiger partial charge < -0.3 is 9.84 Å². The third-order valence-electron chi connectivity index (χ3n) is 2.38. The molecule has 0 heterocycles. The lowest BCUT2D eigenvalue weighted by atomic mass is 10.2. The molecule has 4 heteroatoms. The van der Waals surface area contributed by atoms with E-state index < -0.39 is 5.97 Å². The molecule has 0 spiro atoms. The number of hydrogen-bond acceptors (Lipinski definition) is 3. The van der Waals surface area contributed by atoms with Gasteiger partial charge in [0.1, 0.15) is 5.75 Å². The Bertz CT molecular complexity index is 445. The van der Waals surface area contributed by atoms with E-state index in [-0.39, 0.29) is 12.6 Å². The second-order valence-corrected chi connectivity index (χ2v) is 4.55. The molecule has 0 fully saturated rings. The molecular formula is C15H19NO3. The van der Waals surface area contributed by atoms with Crippen molar-refractivity contribution in [2.24, 2.45) is 0 Å². The topological polar surface area (TPSA) is 49.8 Å². The van der Waals surface area contributed by atoms with Crippen LogP contribution in [0.5, 0.6) is 5.75 Å². The third-order valence-corrected chi connectivity index (χ3v) is 2.38. The first-order valence-electron chi connectivity index (χ1n) is 6.14. The maximum atomic E-state index is 10.7. The van der Waals surface area contributed by atoms with Gasteiger partial charge in [0, 0.05) is 6.54 Å². The number of carbonyl (C=O) groups is 1. The number of aliphatic carboxylic acids is 1. The average molecular weight is 261 g/mol. The van der Waals surface area contributed by atoms with Crippen molar-refractivity contribution in [3.8, 4) is 18.1 Å². The predicted molar refractivity (Wildman–Crippen MR) is 74.0 cm³/mol. The first-order chi connectivity index (χ1) is 9.01. The van der Waals surface area contributed by atoms with E-state index in [0.717, 1.165) is 11.3 Å². The molecule has 0 aromatic heterocycles. The van der Waals surface area contributed by atoms with Crippen LogP contribution in [0.15, 0.2) is 24.3 Å². The van der Waals surface area contributed by atoms with E-state index in [9.17, 15) is 4.79 Å². The number of hydrogen-bond donors (Lipinski definition) is 1. The van der Waals surface area contributed by atoms with Gasteiger partial charge in [-0.25, -0.2) is 0 Å². The van der Waals surface area contributed by atoms with Crippen LogP contribution in [0.3, 0.4) is 0 Å². The van der Waals surface area contributed by atoms with Crippen molar-refractivity contribution in [1.29, 1.82) is 0 Å². The monoisotopic (exact) mass is 261 g/mol. The fraction of sp³-hybridized carbons (Fsp3) is 0.400. The largest absolute Gasteiger partial charge is 0.491 e. The van der Waals surface area contributed by atoms with E-state index in [2.05, 4.69) is 5.92 Å². The molecule has 1 aromatic rings. The number of nitrogens with zero attached hydrogens (tertiary/aromatic N) is 1. The van der Waals surface area contributed by atoms with Gasteiger partial charge in [-0.05, 0) is 31.5 Å². The lowest BCUT2D eigenvalue weighted by Gasteiger charge is -2.17. The Morgan fingerprint density at radius 3 is 2.53 bits per heavy atom. The van der Waals surface area contributed by atoms with Crippen LogP contribution in [0.2, 0.25) is 0 Å². The van der Waals surface area contributed by atoms with Gasteiger partial charge in [0.15, 0.2) is 0 Å². The van der Waals surface area contributed by atoms with Crippen LogP contribution >= 0.6 is 0 Å². The standard InChI is InChI=1S/C15H19NO3/c1-4-9-16(11-15(17)18)10-13-5-7-14(8-6-13)19-12(2)3/h1,5-8,12H,9-11H2,2-3H3,(H,17,18). The number of carboxylic acid groups (broad SMARTS) is 1. The van der Waals surface area contributed by atoms with Crippen LogP contribution in [-0.2, 0) is 11.3 Å². The summed E-state index contributed by atoms with van der Waals surface area (Å²) in [4.78, 5) is 12.4. The summed E-state index contributed by atoms with van der Waals surface area (Å²) >= 11 is 0. The number of carboxylic acids is 1. The molecule has 1 rings (SSSR count). The lowest BCUT2D eigenvalue weighted by molar-refractivity contribution is -0.138. The van der Waals surface area contributed by atoms with Crippen LogP contribution < -0.4 is 4.74 Å². The minimum atomic E-state index is -0.880. The molecule has 0 amide bonds. The van der Waals surface area contributed by atoms with E-state index in [1.54, 1.807) is 4.90 Å². The van der Waals surface area contributed by atoms with E-state index >= 15 is 0 Å². The van der Waals surface area contributed by atoms with Crippen molar-refractivity contribution >= 4 is 5.97 Å². The maximum absolute atomic E-state index is 10.7. The molecule has 102 valence electrons. The quantitative estimate of drug-likeness (QED) is 0.763. The summed E-state index contributed by atoms with van der Waals surface area (Å²) in [7, 11) is 0. The summed E-state index contributed by atoms with van der Waals surface area (Å²) in [6.45, 7) is 4.70. The Kier molecular flexibility index (Phi) is 5.91. The first kappa shape index (κ1) is 15.1. The summed E-state index contributed by atoms with van der Waals surface area (Å²) in [6.07, 6.45) is 5.37. The molecule has 0 bridgehead atoms. The number of terminal acetylenes is 1. The molecule has 0 aliphatic heterocycles. The van der Waals surface area contributed by atoms with Crippen molar-refractivity contribution in [2.75, 3.05) is 13.1 Å². The summed E-state index contributed by atoms with van der Waals surface area (Å²) in [5.74, 6) is 2.40. The van der Waals surface area contributed by atoms with Gasteiger partial charge in [0.25, 0.3) is 0 Å². The van der Waals surface area contributed by atoms with E-state index in [1.807, 2.05) is 38.1 Å². The highest BCUT2D eigenvalue weighted by Gasteiger charge is 2.09. The van der Waals surface area contributed by atoms with Crippen molar-refractivity contribution < 1.29 is 14.6 Å². The molecule has 0 unspecified atom stereocenters. The predicted octanol–water partition coefficient (Wildman–Crippen LogP) is 1.99. The maximum Gasteiger partial charge on any atom is 0.317 e. The minimum Gasteiger partial charge on any atom is -0.491 e. The SMILES string of the molecule is C#CCN(CC(=O)O)Cc1ccc(OC(C)C)cc1. The zero-order chi connectivity index (χ0) is 14.3. The molecule has 0 radical (unpaired) electrons. The fourth-order valence-electron chi connectivity index (χ4n) is 1.69. The van der Waals surface area contributed by atoms with E-state index in [0.29, 0.717) is 13.1 Å². The number of ether oxygens (including phenoxy) is 1. The van der Waals surface area contributed by atoms with Gasteiger partial charge >= 0.3 is 5.97 Å². The van der Waals surface area contributed by atoms with Crippen LogP contribution in [-0.4, -0.2) is 35.2 Å². The molecule has 0 atom stereocenters. The molecule has 1 aromatic carbocycles. The molecule has 0 saturated carbocycles. The molecule has 1 N–H and O–H groups in total. The highest BCUT2D eigenvalue weighted by molar-refractivity contribution is 5.69. The first-order valence-corrected chi connectivity index (χ1v) is 6.14. The zero-order valence-electron chi connectivity index (χ0n) is 11.3. The van der Waals surface area contributed by atoms with Gasteiger partial charge in [0.2, 0.25) is 0 Å². The molecule has 0 saturated heterocycles. The van der Waals surface area contributed by atoms with Crippen molar-refractivity contribution in [2.45, 2.75) is 26.5 Å². The molecule has 0 aliphatic carbocycles. The lowest BCUT2D eigenvalue weighted by Crippen LogP contribution is -2.29. The Hall–Kier alpha value is -1.99. The Balaban J connectivity index is 2.64.